The van der Waals surface area contributed by atoms with Gasteiger partial charge < -0.3 is 29.5 Å². The van der Waals surface area contributed by atoms with Crippen molar-refractivity contribution in [2.45, 2.75) is 51.0 Å². The number of hydrogen-bond acceptors (Lipinski definition) is 10. The second-order valence-electron chi connectivity index (χ2n) is 8.79. The minimum atomic E-state index is -0.481. The number of ketones is 1. The lowest BCUT2D eigenvalue weighted by molar-refractivity contribution is -0.173. The van der Waals surface area contributed by atoms with Gasteiger partial charge in [0.2, 0.25) is 0 Å². The van der Waals surface area contributed by atoms with Crippen LogP contribution in [0.3, 0.4) is 0 Å². The molecule has 3 atom stereocenters. The van der Waals surface area contributed by atoms with Crippen LogP contribution in [0.2, 0.25) is 0 Å². The average molecular weight is 517 g/mol. The molecule has 3 heterocycles. The van der Waals surface area contributed by atoms with Gasteiger partial charge >= 0.3 is 0 Å². The molecule has 1 amide bonds. The molecule has 198 valence electrons. The number of carbonyl (C=O) groups excluding carboxylic acids is 2. The number of amides is 1. The maximum atomic E-state index is 13.6. The van der Waals surface area contributed by atoms with Crippen molar-refractivity contribution in [3.8, 4) is 5.75 Å². The van der Waals surface area contributed by atoms with Crippen LogP contribution in [-0.4, -0.2) is 77.7 Å². The number of carbonyl (C=O) groups is 2. The van der Waals surface area contributed by atoms with E-state index in [0.29, 0.717) is 42.2 Å². The van der Waals surface area contributed by atoms with Gasteiger partial charge in [-0.1, -0.05) is 11.2 Å². The molecule has 0 radical (unpaired) electrons. The number of aliphatic hydroxyl groups excluding tert-OH is 1. The molecule has 0 bridgehead atoms. The fourth-order valence-corrected chi connectivity index (χ4v) is 4.01. The van der Waals surface area contributed by atoms with Crippen molar-refractivity contribution in [2.24, 2.45) is 5.16 Å². The van der Waals surface area contributed by atoms with Crippen molar-refractivity contribution in [1.29, 1.82) is 0 Å². The number of ether oxygens (including phenoxy) is 3. The number of rotatable bonds is 10. The Morgan fingerprint density at radius 1 is 1.19 bits per heavy atom. The lowest BCUT2D eigenvalue weighted by Crippen LogP contribution is -2.42. The summed E-state index contributed by atoms with van der Waals surface area (Å²) in [6, 6.07) is 5.91. The molecule has 12 heteroatoms. The molecule has 2 N–H and O–H groups in total. The summed E-state index contributed by atoms with van der Waals surface area (Å²) in [6.45, 7) is 1.97. The molecule has 1 aromatic heterocycles. The van der Waals surface area contributed by atoms with E-state index in [1.54, 1.807) is 19.1 Å². The molecular weight excluding hydrogens is 487 g/mol. The monoisotopic (exact) mass is 516 g/mol. The van der Waals surface area contributed by atoms with Crippen LogP contribution in [0, 0.1) is 12.7 Å². The standard InChI is InChI=1S/C25H29FN4O7/c1-14-28-19(8-21(29-14)25(33)27-10-15-3-6-18(26)22(7-15)34-2)20-9-23(37-30-20)24-13-35-17(12-36-24)5-4-16(32)11-31/h3,6-8,17,23-24,31H,4-5,9-13H2,1-2H3,(H,27,33)/t17-,23+,24+/m1/s1. The van der Waals surface area contributed by atoms with Crippen LogP contribution in [0.25, 0.3) is 0 Å². The Kier molecular flexibility index (Phi) is 8.74. The van der Waals surface area contributed by atoms with Crippen LogP contribution in [0.15, 0.2) is 29.4 Å². The third kappa shape index (κ3) is 6.85. The summed E-state index contributed by atoms with van der Waals surface area (Å²) in [5, 5.41) is 15.8. The Hall–Kier alpha value is -3.48. The first kappa shape index (κ1) is 26.6. The maximum Gasteiger partial charge on any atom is 0.270 e. The number of methoxy groups -OCH3 is 1. The van der Waals surface area contributed by atoms with Crippen LogP contribution in [0.1, 0.15) is 46.8 Å². The van der Waals surface area contributed by atoms with E-state index in [4.69, 9.17) is 24.2 Å². The van der Waals surface area contributed by atoms with E-state index in [9.17, 15) is 14.0 Å². The van der Waals surface area contributed by atoms with Gasteiger partial charge in [0.1, 0.15) is 29.9 Å². The highest BCUT2D eigenvalue weighted by atomic mass is 19.1. The summed E-state index contributed by atoms with van der Waals surface area (Å²) < 4.78 is 30.3. The summed E-state index contributed by atoms with van der Waals surface area (Å²) in [6.07, 6.45) is 0.201. The Labute approximate surface area is 213 Å². The van der Waals surface area contributed by atoms with Gasteiger partial charge in [0.05, 0.1) is 32.1 Å². The van der Waals surface area contributed by atoms with Crippen molar-refractivity contribution in [2.75, 3.05) is 26.9 Å². The zero-order valence-electron chi connectivity index (χ0n) is 20.6. The highest BCUT2D eigenvalue weighted by molar-refractivity contribution is 6.02. The first-order valence-electron chi connectivity index (χ1n) is 11.9. The van der Waals surface area contributed by atoms with Gasteiger partial charge in [0.15, 0.2) is 23.5 Å². The molecule has 0 unspecified atom stereocenters. The highest BCUT2D eigenvalue weighted by Gasteiger charge is 2.35. The number of aliphatic hydroxyl groups is 1. The van der Waals surface area contributed by atoms with E-state index in [-0.39, 0.29) is 55.1 Å². The zero-order valence-corrected chi connectivity index (χ0v) is 20.6. The van der Waals surface area contributed by atoms with Gasteiger partial charge in [0, 0.05) is 19.4 Å². The molecule has 2 aliphatic heterocycles. The lowest BCUT2D eigenvalue weighted by atomic mass is 10.0. The van der Waals surface area contributed by atoms with E-state index in [1.165, 1.54) is 19.2 Å². The van der Waals surface area contributed by atoms with Crippen LogP contribution in [0.5, 0.6) is 5.75 Å². The van der Waals surface area contributed by atoms with E-state index < -0.39 is 18.3 Å². The molecule has 0 saturated carbocycles. The molecule has 37 heavy (non-hydrogen) atoms. The van der Waals surface area contributed by atoms with Gasteiger partial charge in [-0.3, -0.25) is 9.59 Å². The molecule has 2 aliphatic rings. The normalized spacial score (nSPS) is 21.2. The van der Waals surface area contributed by atoms with Crippen LogP contribution in [0.4, 0.5) is 4.39 Å². The first-order valence-corrected chi connectivity index (χ1v) is 11.9. The Balaban J connectivity index is 1.32. The van der Waals surface area contributed by atoms with Crippen LogP contribution in [-0.2, 0) is 25.7 Å². The molecule has 1 fully saturated rings. The van der Waals surface area contributed by atoms with Crippen molar-refractivity contribution >= 4 is 17.4 Å². The van der Waals surface area contributed by atoms with Crippen LogP contribution < -0.4 is 10.1 Å². The van der Waals surface area contributed by atoms with Gasteiger partial charge in [-0.25, -0.2) is 14.4 Å². The lowest BCUT2D eigenvalue weighted by Gasteiger charge is -2.31. The summed E-state index contributed by atoms with van der Waals surface area (Å²) in [5.74, 6) is -0.631. The van der Waals surface area contributed by atoms with E-state index in [1.807, 2.05) is 0 Å². The number of halogens is 1. The van der Waals surface area contributed by atoms with Crippen LogP contribution >= 0.6 is 0 Å². The SMILES string of the molecule is COc1cc(CNC(=O)c2cc(C3=NO[C@H]([C@@H]4CO[C@H](CCC(=O)CO)CO4)C3)nc(C)n2)ccc1F. The maximum absolute atomic E-state index is 13.6. The summed E-state index contributed by atoms with van der Waals surface area (Å²) >= 11 is 0. The summed E-state index contributed by atoms with van der Waals surface area (Å²) in [5.41, 5.74) is 1.87. The quantitative estimate of drug-likeness (QED) is 0.480. The van der Waals surface area contributed by atoms with E-state index in [2.05, 4.69) is 20.4 Å². The predicted octanol–water partition coefficient (Wildman–Crippen LogP) is 1.48. The molecule has 1 saturated heterocycles. The van der Waals surface area contributed by atoms with Crippen molar-refractivity contribution < 1.29 is 38.1 Å². The molecule has 1 aromatic carbocycles. The van der Waals surface area contributed by atoms with E-state index in [0.717, 1.165) is 0 Å². The second-order valence-corrected chi connectivity index (χ2v) is 8.79. The molecule has 4 rings (SSSR count). The third-order valence-corrected chi connectivity index (χ3v) is 6.06. The number of aromatic nitrogens is 2. The van der Waals surface area contributed by atoms with Crippen molar-refractivity contribution in [3.63, 3.8) is 0 Å². The summed E-state index contributed by atoms with van der Waals surface area (Å²) in [4.78, 5) is 38.3. The Morgan fingerprint density at radius 3 is 2.76 bits per heavy atom. The number of aryl methyl sites for hydroxylation is 1. The fourth-order valence-electron chi connectivity index (χ4n) is 4.01. The zero-order chi connectivity index (χ0) is 26.4. The number of benzene rings is 1. The van der Waals surface area contributed by atoms with Crippen molar-refractivity contribution in [1.82, 2.24) is 15.3 Å². The minimum Gasteiger partial charge on any atom is -0.494 e. The molecular formula is C25H29FN4O7. The van der Waals surface area contributed by atoms with Gasteiger partial charge in [-0.2, -0.15) is 0 Å². The molecule has 0 spiro atoms. The number of hydrogen-bond donors (Lipinski definition) is 2. The fraction of sp³-hybridized carbons (Fsp3) is 0.480. The number of oxime groups is 1. The largest absolute Gasteiger partial charge is 0.494 e. The van der Waals surface area contributed by atoms with Gasteiger partial charge in [0.25, 0.3) is 5.91 Å². The second kappa shape index (κ2) is 12.2. The Morgan fingerprint density at radius 2 is 2.03 bits per heavy atom. The average Bonchev–Trinajstić information content (AvgIpc) is 3.41. The number of Topliss-reactive ketones (excluding diaryl/α,β-unsaturated/α-hetero) is 1. The molecule has 0 aliphatic carbocycles. The van der Waals surface area contributed by atoms with Crippen molar-refractivity contribution in [3.05, 3.63) is 52.9 Å². The minimum absolute atomic E-state index is 0.0976. The highest BCUT2D eigenvalue weighted by Crippen LogP contribution is 2.24. The topological polar surface area (TPSA) is 141 Å². The molecule has 2 aromatic rings. The predicted molar refractivity (Wildman–Crippen MR) is 128 cm³/mol. The third-order valence-electron chi connectivity index (χ3n) is 6.06. The van der Waals surface area contributed by atoms with E-state index >= 15 is 0 Å². The van der Waals surface area contributed by atoms with Gasteiger partial charge in [-0.15, -0.1) is 0 Å². The smallest absolute Gasteiger partial charge is 0.270 e. The summed E-state index contributed by atoms with van der Waals surface area (Å²) in [7, 11) is 1.38. The Bertz CT molecular complexity index is 1170. The van der Waals surface area contributed by atoms with Gasteiger partial charge in [-0.05, 0) is 37.1 Å². The molecule has 11 nitrogen and oxygen atoms in total. The number of nitrogens with one attached hydrogen (secondary N) is 1. The number of nitrogens with zero attached hydrogens (tertiary/aromatic N) is 3. The first-order chi connectivity index (χ1) is 17.9.